The molecular weight excluding hydrogens is 400 g/mol. The summed E-state index contributed by atoms with van der Waals surface area (Å²) in [6.45, 7) is 1.64. The molecule has 3 rings (SSSR count). The highest BCUT2D eigenvalue weighted by molar-refractivity contribution is 9.10. The Morgan fingerprint density at radius 1 is 1.27 bits per heavy atom. The highest BCUT2D eigenvalue weighted by Crippen LogP contribution is 2.12. The molecule has 0 fully saturated rings. The van der Waals surface area contributed by atoms with Crippen LogP contribution in [0.25, 0.3) is 5.78 Å². The summed E-state index contributed by atoms with van der Waals surface area (Å²) in [4.78, 5) is 20.5. The van der Waals surface area contributed by atoms with Crippen molar-refractivity contribution in [2.24, 2.45) is 0 Å². The van der Waals surface area contributed by atoms with Crippen LogP contribution in [0.5, 0.6) is 0 Å². The molecule has 0 aliphatic rings. The number of rotatable bonds is 8. The number of fused-ring (bicyclic) bond motifs is 1. The first-order valence-electron chi connectivity index (χ1n) is 8.13. The first kappa shape index (κ1) is 18.3. The first-order valence-corrected chi connectivity index (χ1v) is 8.93. The number of carbonyl (C=O) groups is 1. The van der Waals surface area contributed by atoms with Crippen LogP contribution in [0.1, 0.15) is 22.5 Å². The minimum atomic E-state index is -0.0811. The monoisotopic (exact) mass is 418 g/mol. The number of hydrogen-bond acceptors (Lipinski definition) is 6. The third kappa shape index (κ3) is 4.55. The molecule has 8 nitrogen and oxygen atoms in total. The summed E-state index contributed by atoms with van der Waals surface area (Å²) in [5, 5.41) is 10.4. The maximum absolute atomic E-state index is 12.1. The van der Waals surface area contributed by atoms with Crippen LogP contribution >= 0.6 is 15.9 Å². The van der Waals surface area contributed by atoms with Crippen molar-refractivity contribution in [1.29, 1.82) is 0 Å². The zero-order chi connectivity index (χ0) is 18.4. The molecular formula is C17H19BrN6O2. The molecule has 9 heteroatoms. The SMILES string of the molecule is COCc1cc(NCCCNC(=O)c2ccc(Br)cc2)n2ncnc2n1. The fraction of sp³-hybridized carbons (Fsp3) is 0.294. The van der Waals surface area contributed by atoms with Crippen LogP contribution in [-0.2, 0) is 11.3 Å². The second kappa shape index (κ2) is 8.72. The molecule has 1 aromatic carbocycles. The number of amides is 1. The lowest BCUT2D eigenvalue weighted by atomic mass is 10.2. The average molecular weight is 419 g/mol. The van der Waals surface area contributed by atoms with E-state index in [1.165, 1.54) is 6.33 Å². The summed E-state index contributed by atoms with van der Waals surface area (Å²) in [5.41, 5.74) is 1.42. The Labute approximate surface area is 159 Å². The molecule has 136 valence electrons. The van der Waals surface area contributed by atoms with E-state index in [1.54, 1.807) is 23.8 Å². The largest absolute Gasteiger partial charge is 0.378 e. The molecule has 0 spiro atoms. The maximum Gasteiger partial charge on any atom is 0.254 e. The van der Waals surface area contributed by atoms with Gasteiger partial charge in [-0.2, -0.15) is 14.6 Å². The zero-order valence-electron chi connectivity index (χ0n) is 14.3. The molecule has 2 aromatic heterocycles. The normalized spacial score (nSPS) is 10.8. The van der Waals surface area contributed by atoms with Gasteiger partial charge in [-0.3, -0.25) is 4.79 Å². The molecule has 0 saturated carbocycles. The van der Waals surface area contributed by atoms with Crippen LogP contribution in [0.15, 0.2) is 41.1 Å². The number of nitrogens with zero attached hydrogens (tertiary/aromatic N) is 4. The highest BCUT2D eigenvalue weighted by atomic mass is 79.9. The Bertz CT molecular complexity index is 881. The standard InChI is InChI=1S/C17H19BrN6O2/c1-26-10-14-9-15(24-17(23-14)21-11-22-24)19-7-2-8-20-16(25)12-3-5-13(18)6-4-12/h3-6,9,11,19H,2,7-8,10H2,1H3,(H,20,25). The molecule has 3 aromatic rings. The Balaban J connectivity index is 1.50. The topological polar surface area (TPSA) is 93.4 Å². The van der Waals surface area contributed by atoms with Crippen LogP contribution in [0.4, 0.5) is 5.82 Å². The van der Waals surface area contributed by atoms with Gasteiger partial charge in [0.2, 0.25) is 0 Å². The number of benzene rings is 1. The summed E-state index contributed by atoms with van der Waals surface area (Å²) in [6, 6.07) is 9.15. The molecule has 0 aliphatic carbocycles. The van der Waals surface area contributed by atoms with Crippen LogP contribution in [0.3, 0.4) is 0 Å². The van der Waals surface area contributed by atoms with Gasteiger partial charge in [0.25, 0.3) is 11.7 Å². The number of anilines is 1. The van der Waals surface area contributed by atoms with Gasteiger partial charge in [0, 0.05) is 36.3 Å². The fourth-order valence-electron chi connectivity index (χ4n) is 2.42. The minimum absolute atomic E-state index is 0.0811. The van der Waals surface area contributed by atoms with Crippen molar-refractivity contribution >= 4 is 33.4 Å². The lowest BCUT2D eigenvalue weighted by Crippen LogP contribution is -2.26. The molecule has 0 saturated heterocycles. The van der Waals surface area contributed by atoms with Gasteiger partial charge in [-0.1, -0.05) is 15.9 Å². The van der Waals surface area contributed by atoms with E-state index >= 15 is 0 Å². The van der Waals surface area contributed by atoms with Gasteiger partial charge in [-0.05, 0) is 30.7 Å². The predicted molar refractivity (Wildman–Crippen MR) is 101 cm³/mol. The van der Waals surface area contributed by atoms with E-state index in [9.17, 15) is 4.79 Å². The van der Waals surface area contributed by atoms with E-state index in [-0.39, 0.29) is 5.91 Å². The second-order valence-corrected chi connectivity index (χ2v) is 6.50. The van der Waals surface area contributed by atoms with Crippen molar-refractivity contribution in [3.63, 3.8) is 0 Å². The number of ether oxygens (including phenoxy) is 1. The lowest BCUT2D eigenvalue weighted by molar-refractivity contribution is 0.0953. The molecule has 26 heavy (non-hydrogen) atoms. The summed E-state index contributed by atoms with van der Waals surface area (Å²) in [7, 11) is 1.62. The number of methoxy groups -OCH3 is 1. The van der Waals surface area contributed by atoms with E-state index in [0.717, 1.165) is 22.4 Å². The Morgan fingerprint density at radius 3 is 2.85 bits per heavy atom. The van der Waals surface area contributed by atoms with Crippen molar-refractivity contribution in [2.75, 3.05) is 25.5 Å². The van der Waals surface area contributed by atoms with Crippen LogP contribution in [0.2, 0.25) is 0 Å². The predicted octanol–water partition coefficient (Wildman–Crippen LogP) is 2.27. The minimum Gasteiger partial charge on any atom is -0.378 e. The molecule has 0 atom stereocenters. The molecule has 0 unspecified atom stereocenters. The summed E-state index contributed by atoms with van der Waals surface area (Å²) in [5.74, 6) is 1.23. The molecule has 0 aliphatic heterocycles. The average Bonchev–Trinajstić information content (AvgIpc) is 3.11. The zero-order valence-corrected chi connectivity index (χ0v) is 15.9. The van der Waals surface area contributed by atoms with E-state index < -0.39 is 0 Å². The number of aromatic nitrogens is 4. The van der Waals surface area contributed by atoms with Gasteiger partial charge in [0.15, 0.2) is 0 Å². The van der Waals surface area contributed by atoms with Crippen LogP contribution in [-0.4, -0.2) is 45.7 Å². The smallest absolute Gasteiger partial charge is 0.254 e. The van der Waals surface area contributed by atoms with Gasteiger partial charge in [0.05, 0.1) is 12.3 Å². The Kier molecular flexibility index (Phi) is 6.13. The number of halogens is 1. The fourth-order valence-corrected chi connectivity index (χ4v) is 2.68. The van der Waals surface area contributed by atoms with Crippen molar-refractivity contribution in [3.05, 3.63) is 52.4 Å². The van der Waals surface area contributed by atoms with Crippen molar-refractivity contribution in [1.82, 2.24) is 24.9 Å². The quantitative estimate of drug-likeness (QED) is 0.545. The Hall–Kier alpha value is -2.52. The highest BCUT2D eigenvalue weighted by Gasteiger charge is 2.08. The number of nitrogens with one attached hydrogen (secondary N) is 2. The molecule has 0 bridgehead atoms. The van der Waals surface area contributed by atoms with Crippen molar-refractivity contribution in [2.45, 2.75) is 13.0 Å². The molecule has 1 amide bonds. The van der Waals surface area contributed by atoms with Crippen LogP contribution in [0, 0.1) is 0 Å². The number of hydrogen-bond donors (Lipinski definition) is 2. The summed E-state index contributed by atoms with van der Waals surface area (Å²) in [6.07, 6.45) is 2.23. The Morgan fingerprint density at radius 2 is 2.08 bits per heavy atom. The molecule has 0 radical (unpaired) electrons. The molecule has 2 heterocycles. The van der Waals surface area contributed by atoms with E-state index in [2.05, 4.69) is 41.6 Å². The maximum atomic E-state index is 12.1. The lowest BCUT2D eigenvalue weighted by Gasteiger charge is -2.10. The van der Waals surface area contributed by atoms with Gasteiger partial charge >= 0.3 is 0 Å². The van der Waals surface area contributed by atoms with Gasteiger partial charge in [-0.15, -0.1) is 0 Å². The first-order chi connectivity index (χ1) is 12.7. The summed E-state index contributed by atoms with van der Waals surface area (Å²) >= 11 is 3.36. The third-order valence-electron chi connectivity index (χ3n) is 3.65. The van der Waals surface area contributed by atoms with Crippen LogP contribution < -0.4 is 10.6 Å². The van der Waals surface area contributed by atoms with Gasteiger partial charge in [0.1, 0.15) is 12.1 Å². The van der Waals surface area contributed by atoms with Gasteiger partial charge in [-0.25, -0.2) is 4.98 Å². The summed E-state index contributed by atoms with van der Waals surface area (Å²) < 4.78 is 7.71. The van der Waals surface area contributed by atoms with Gasteiger partial charge < -0.3 is 15.4 Å². The van der Waals surface area contributed by atoms with E-state index in [1.807, 2.05) is 18.2 Å². The van der Waals surface area contributed by atoms with Crippen molar-refractivity contribution < 1.29 is 9.53 Å². The van der Waals surface area contributed by atoms with E-state index in [0.29, 0.717) is 31.0 Å². The van der Waals surface area contributed by atoms with Crippen molar-refractivity contribution in [3.8, 4) is 0 Å². The third-order valence-corrected chi connectivity index (χ3v) is 4.18. The van der Waals surface area contributed by atoms with E-state index in [4.69, 9.17) is 4.74 Å². The second-order valence-electron chi connectivity index (χ2n) is 5.58. The number of carbonyl (C=O) groups excluding carboxylic acids is 1. The molecule has 2 N–H and O–H groups in total.